The molecule has 3 amide bonds. The van der Waals surface area contributed by atoms with Gasteiger partial charge < -0.3 is 45.5 Å². The molecule has 4 atom stereocenters. The zero-order chi connectivity index (χ0) is 75.6. The maximum absolute atomic E-state index is 14.3. The van der Waals surface area contributed by atoms with Crippen molar-refractivity contribution in [3.05, 3.63) is 158 Å². The molecule has 4 fully saturated rings. The first-order valence-electron chi connectivity index (χ1n) is 38.6. The molecular formula is C82H108ClN13O9S2. The average Bonchev–Trinajstić information content (AvgIpc) is 1.35. The van der Waals surface area contributed by atoms with Gasteiger partial charge in [-0.3, -0.25) is 34.3 Å². The summed E-state index contributed by atoms with van der Waals surface area (Å²) in [5, 5.41) is 34.8. The van der Waals surface area contributed by atoms with Gasteiger partial charge in [0.05, 0.1) is 55.8 Å². The minimum Gasteiger partial charge on any atom is -0.455 e. The van der Waals surface area contributed by atoms with Crippen molar-refractivity contribution in [2.45, 2.75) is 180 Å². The number of nitro benzene ring substituents is 1. The lowest BCUT2D eigenvalue weighted by molar-refractivity contribution is -0.384. The molecule has 22 nitrogen and oxygen atoms in total. The van der Waals surface area contributed by atoms with Crippen LogP contribution in [-0.2, 0) is 19.6 Å². The van der Waals surface area contributed by atoms with Crippen LogP contribution in [0.4, 0.5) is 17.1 Å². The van der Waals surface area contributed by atoms with E-state index in [0.29, 0.717) is 49.5 Å². The lowest BCUT2D eigenvalue weighted by Crippen LogP contribution is -2.56. The number of hydrogen-bond donors (Lipinski definition) is 6. The Morgan fingerprint density at radius 3 is 2.24 bits per heavy atom. The zero-order valence-electron chi connectivity index (χ0n) is 63.2. The maximum atomic E-state index is 14.3. The summed E-state index contributed by atoms with van der Waals surface area (Å²) in [7, 11) is -4.62. The molecular weight excluding hydrogens is 1410 g/mol. The van der Waals surface area contributed by atoms with Gasteiger partial charge in [0.25, 0.3) is 21.6 Å². The van der Waals surface area contributed by atoms with Crippen LogP contribution < -0.4 is 30.3 Å². The predicted molar refractivity (Wildman–Crippen MR) is 426 cm³/mol. The topological polar surface area (TPSA) is 264 Å². The summed E-state index contributed by atoms with van der Waals surface area (Å²) in [6.07, 6.45) is 17.8. The molecule has 0 unspecified atom stereocenters. The number of allylic oxidation sites excluding steroid dienone is 1. The molecule has 3 aromatic heterocycles. The van der Waals surface area contributed by atoms with Crippen molar-refractivity contribution in [1.82, 2.24) is 49.9 Å². The van der Waals surface area contributed by atoms with Crippen molar-refractivity contribution in [2.75, 3.05) is 95.3 Å². The number of thiazole rings is 1. The number of rotatable bonds is 30. The predicted octanol–water partition coefficient (Wildman–Crippen LogP) is 14.4. The highest BCUT2D eigenvalue weighted by Crippen LogP contribution is 2.44. The van der Waals surface area contributed by atoms with Gasteiger partial charge in [-0.25, -0.2) is 23.1 Å². The summed E-state index contributed by atoms with van der Waals surface area (Å²) in [4.78, 5) is 78.5. The van der Waals surface area contributed by atoms with Crippen molar-refractivity contribution in [3.63, 3.8) is 0 Å². The Hall–Kier alpha value is -7.81. The Bertz CT molecular complexity index is 4360. The number of nitrogens with one attached hydrogen (secondary N) is 5. The number of aromatic amines is 1. The molecule has 6 N–H and O–H groups in total. The van der Waals surface area contributed by atoms with Gasteiger partial charge in [-0.05, 0) is 172 Å². The number of ether oxygens (including phenoxy) is 1. The number of likely N-dealkylation sites (tertiary alicyclic amines) is 1. The molecule has 574 valence electrons. The lowest BCUT2D eigenvalue weighted by Gasteiger charge is -2.42. The monoisotopic (exact) mass is 1520 g/mol. The molecule has 3 aliphatic heterocycles. The van der Waals surface area contributed by atoms with Gasteiger partial charge in [-0.15, -0.1) is 11.3 Å². The van der Waals surface area contributed by atoms with Gasteiger partial charge in [0, 0.05) is 119 Å². The largest absolute Gasteiger partial charge is 0.455 e. The third-order valence-electron chi connectivity index (χ3n) is 22.6. The van der Waals surface area contributed by atoms with E-state index in [1.165, 1.54) is 60.7 Å². The van der Waals surface area contributed by atoms with Crippen molar-refractivity contribution in [2.24, 2.45) is 16.7 Å². The van der Waals surface area contributed by atoms with E-state index in [9.17, 15) is 38.0 Å². The van der Waals surface area contributed by atoms with E-state index >= 15 is 0 Å². The number of piperazine rings is 2. The highest BCUT2D eigenvalue weighted by Gasteiger charge is 2.44. The number of fused-ring (bicyclic) bond motifs is 1. The van der Waals surface area contributed by atoms with Crippen LogP contribution >= 0.6 is 22.9 Å². The van der Waals surface area contributed by atoms with Gasteiger partial charge in [-0.1, -0.05) is 120 Å². The van der Waals surface area contributed by atoms with E-state index in [-0.39, 0.29) is 53.2 Å². The number of H-pyrrole nitrogens is 1. The first kappa shape index (κ1) is 78.8. The lowest BCUT2D eigenvalue weighted by atomic mass is 9.72. The molecule has 0 radical (unpaired) electrons. The Balaban J connectivity index is 0.548. The number of sulfonamides is 1. The summed E-state index contributed by atoms with van der Waals surface area (Å²) in [6.45, 7) is 25.3. The number of amides is 3. The van der Waals surface area contributed by atoms with Crippen LogP contribution in [-0.4, -0.2) is 180 Å². The van der Waals surface area contributed by atoms with E-state index in [4.69, 9.17) is 16.3 Å². The van der Waals surface area contributed by atoms with Gasteiger partial charge in [-0.2, -0.15) is 0 Å². The highest BCUT2D eigenvalue weighted by molar-refractivity contribution is 7.90. The number of hydrogen-bond acceptors (Lipinski definition) is 18. The molecule has 5 aliphatic rings. The van der Waals surface area contributed by atoms with E-state index < -0.39 is 55.0 Å². The summed E-state index contributed by atoms with van der Waals surface area (Å²) in [5.74, 6) is -0.590. The fourth-order valence-corrected chi connectivity index (χ4v) is 18.2. The molecule has 7 aromatic rings. The van der Waals surface area contributed by atoms with Gasteiger partial charge in [0.15, 0.2) is 0 Å². The first-order chi connectivity index (χ1) is 51.3. The molecule has 4 aromatic carbocycles. The van der Waals surface area contributed by atoms with Crippen molar-refractivity contribution in [1.29, 1.82) is 0 Å². The standard InChI is InChI=1S/C82H108ClN13O9S2/c1-55(58-17-19-60(20-18-58)75-56(2)88-54-106-75)89-79(99)73-47-66(97)53-95(73)80(100)76(81(3,4)5)84-34-13-11-9-8-10-12-14-36-91-37-41-93(42-38-91)64-25-15-57(16-26-64)50-86-71-30-28-68(48-72(71)96(101)102)107(103,104)90-78(98)69-29-27-65(46-74(69)105-67-45-61-32-35-85-77(61)87-51-67)94-43-39-92(40-44-94)52-62-31-33-82(6,7)49-70(62)59-21-23-63(83)24-22-59/h17-24,27-30,32,35,45-46,48,51,54-55,57,64,66,73,76,84,86,97H,8-16,25-26,31,33-34,36-44,47,49-50,52-53H2,1-7H3,(H,85,87)(H,89,99)(H,90,98)/t55-,57?,64?,66+,73-,76+/m0/s1. The second-order valence-electron chi connectivity index (χ2n) is 32.1. The van der Waals surface area contributed by atoms with Crippen LogP contribution in [0, 0.1) is 33.8 Å². The third-order valence-corrected chi connectivity index (χ3v) is 25.2. The molecule has 6 heterocycles. The van der Waals surface area contributed by atoms with Crippen molar-refractivity contribution >= 4 is 84.4 Å². The number of halogens is 1. The molecule has 0 bridgehead atoms. The smallest absolute Gasteiger partial charge is 0.293 e. The Kier molecular flexibility index (Phi) is 26.0. The minimum absolute atomic E-state index is 0.0394. The number of aliphatic hydroxyl groups excluding tert-OH is 1. The number of aliphatic hydroxyl groups is 1. The number of aryl methyl sites for hydroxylation is 1. The summed E-state index contributed by atoms with van der Waals surface area (Å²) >= 11 is 7.90. The minimum atomic E-state index is -4.62. The summed E-state index contributed by atoms with van der Waals surface area (Å²) < 4.78 is 36.8. The summed E-state index contributed by atoms with van der Waals surface area (Å²) in [6, 6.07) is 27.8. The maximum Gasteiger partial charge on any atom is 0.293 e. The van der Waals surface area contributed by atoms with E-state index in [1.54, 1.807) is 46.7 Å². The van der Waals surface area contributed by atoms with Crippen LogP contribution in [0.2, 0.25) is 5.02 Å². The third kappa shape index (κ3) is 20.4. The Morgan fingerprint density at radius 2 is 1.54 bits per heavy atom. The fourth-order valence-electron chi connectivity index (χ4n) is 16.2. The molecule has 3 saturated heterocycles. The Labute approximate surface area is 640 Å². The number of nitrogens with zero attached hydrogens (tertiary/aromatic N) is 8. The van der Waals surface area contributed by atoms with Gasteiger partial charge >= 0.3 is 0 Å². The first-order valence-corrected chi connectivity index (χ1v) is 41.3. The molecule has 2 aliphatic carbocycles. The quantitative estimate of drug-likeness (QED) is 0.0139. The van der Waals surface area contributed by atoms with Crippen molar-refractivity contribution in [3.8, 4) is 21.9 Å². The van der Waals surface area contributed by atoms with Crippen LogP contribution in [0.1, 0.15) is 171 Å². The van der Waals surface area contributed by atoms with Crippen molar-refractivity contribution < 1.29 is 37.6 Å². The normalized spacial score (nSPS) is 20.5. The second-order valence-corrected chi connectivity index (χ2v) is 35.1. The number of aromatic nitrogens is 3. The van der Waals surface area contributed by atoms with Gasteiger partial charge in [0.2, 0.25) is 11.8 Å². The Morgan fingerprint density at radius 1 is 0.841 bits per heavy atom. The molecule has 25 heteroatoms. The zero-order valence-corrected chi connectivity index (χ0v) is 65.6. The number of carbonyl (C=O) groups excluding carboxylic acids is 3. The summed E-state index contributed by atoms with van der Waals surface area (Å²) in [5.41, 5.74) is 10.0. The molecule has 0 spiro atoms. The molecule has 1 saturated carbocycles. The molecule has 12 rings (SSSR count). The number of anilines is 2. The van der Waals surface area contributed by atoms with Crippen LogP contribution in [0.15, 0.2) is 125 Å². The number of pyridine rings is 1. The second kappa shape index (κ2) is 35.3. The van der Waals surface area contributed by atoms with E-state index in [2.05, 4.69) is 81.2 Å². The SMILES string of the molecule is Cc1ncsc1-c1ccc([C@H](C)NC(=O)[C@@H]2C[C@@H](O)CN2C(=O)[C@@H](NCCCCCCCCCN2CCN(C3CCC(CNc4ccc(S(=O)(=O)NC(=O)c5ccc(N6CCN(CC7=C(c8ccc(Cl)cc8)CC(C)(C)CC7)CC6)cc5Oc5cnc6[nH]ccc6c5)cc4[N+](=O)[O-])CC3)CC2)C(C)(C)C)cc1. The van der Waals surface area contributed by atoms with Crippen LogP contribution in [0.5, 0.6) is 11.5 Å². The van der Waals surface area contributed by atoms with E-state index in [0.717, 1.165) is 160 Å². The number of nitro groups is 1. The number of carbonyl (C=O) groups is 3. The van der Waals surface area contributed by atoms with Crippen LogP contribution in [0.3, 0.4) is 0 Å². The fraction of sp³-hybridized carbons (Fsp3) is 0.524. The number of β-amino-alcohol motifs (C(OH)–C–C–N with tert-alkyl or cyclic N) is 1. The molecule has 107 heavy (non-hydrogen) atoms. The average molecular weight is 1520 g/mol. The van der Waals surface area contributed by atoms with Gasteiger partial charge in [0.1, 0.15) is 28.9 Å². The van der Waals surface area contributed by atoms with E-state index in [1.807, 2.05) is 82.6 Å². The number of unbranched alkanes of at least 4 members (excludes halogenated alkanes) is 6. The van der Waals surface area contributed by atoms with Crippen LogP contribution in [0.25, 0.3) is 27.0 Å². The highest BCUT2D eigenvalue weighted by atomic mass is 35.5. The number of benzene rings is 4.